The second-order valence-electron chi connectivity index (χ2n) is 9.94. The first-order valence-corrected chi connectivity index (χ1v) is 12.2. The molecule has 0 bridgehead atoms. The van der Waals surface area contributed by atoms with E-state index in [1.54, 1.807) is 12.4 Å². The summed E-state index contributed by atoms with van der Waals surface area (Å²) in [6.07, 6.45) is 10.3. The SMILES string of the molecule is CC(C)(C)C1C=C(c2ncc(-c3cnn(CCOC4CCCCO4)c3)cc2Cl)CCN1C(=O)O. The summed E-state index contributed by atoms with van der Waals surface area (Å²) in [6, 6.07) is 1.65. The van der Waals surface area contributed by atoms with E-state index in [0.29, 0.717) is 36.8 Å². The van der Waals surface area contributed by atoms with Crippen LogP contribution in [0.2, 0.25) is 5.02 Å². The van der Waals surface area contributed by atoms with Crippen molar-refractivity contribution in [3.8, 4) is 11.1 Å². The molecule has 0 spiro atoms. The van der Waals surface area contributed by atoms with Gasteiger partial charge in [-0.3, -0.25) is 9.67 Å². The first-order valence-electron chi connectivity index (χ1n) is 11.8. The number of nitrogens with zero attached hydrogens (tertiary/aromatic N) is 4. The Kier molecular flexibility index (Phi) is 7.60. The number of carbonyl (C=O) groups is 1. The molecule has 2 aliphatic heterocycles. The molecular formula is C25H33ClN4O4. The normalized spacial score (nSPS) is 21.4. The van der Waals surface area contributed by atoms with Crippen LogP contribution >= 0.6 is 11.6 Å². The Morgan fingerprint density at radius 2 is 2.12 bits per heavy atom. The van der Waals surface area contributed by atoms with Gasteiger partial charge in [-0.15, -0.1) is 0 Å². The minimum Gasteiger partial charge on any atom is -0.465 e. The van der Waals surface area contributed by atoms with Crippen LogP contribution in [0.15, 0.2) is 30.7 Å². The topological polar surface area (TPSA) is 89.7 Å². The molecule has 1 amide bonds. The third kappa shape index (κ3) is 5.79. The van der Waals surface area contributed by atoms with Gasteiger partial charge in [0.05, 0.1) is 36.1 Å². The summed E-state index contributed by atoms with van der Waals surface area (Å²) in [5.41, 5.74) is 3.26. The van der Waals surface area contributed by atoms with E-state index in [2.05, 4.69) is 10.1 Å². The van der Waals surface area contributed by atoms with E-state index in [9.17, 15) is 9.90 Å². The third-order valence-electron chi connectivity index (χ3n) is 6.32. The van der Waals surface area contributed by atoms with E-state index in [-0.39, 0.29) is 17.7 Å². The summed E-state index contributed by atoms with van der Waals surface area (Å²) in [5.74, 6) is 0. The summed E-state index contributed by atoms with van der Waals surface area (Å²) in [5, 5.41) is 14.6. The predicted molar refractivity (Wildman–Crippen MR) is 131 cm³/mol. The van der Waals surface area contributed by atoms with E-state index in [4.69, 9.17) is 21.1 Å². The highest BCUT2D eigenvalue weighted by Gasteiger charge is 2.35. The minimum absolute atomic E-state index is 0.103. The molecule has 4 heterocycles. The molecule has 0 aromatic carbocycles. The molecule has 0 radical (unpaired) electrons. The van der Waals surface area contributed by atoms with Gasteiger partial charge < -0.3 is 19.5 Å². The van der Waals surface area contributed by atoms with Gasteiger partial charge in [-0.2, -0.15) is 5.10 Å². The molecule has 8 nitrogen and oxygen atoms in total. The van der Waals surface area contributed by atoms with Crippen molar-refractivity contribution in [2.75, 3.05) is 19.8 Å². The van der Waals surface area contributed by atoms with E-state index < -0.39 is 6.09 Å². The van der Waals surface area contributed by atoms with Crippen LogP contribution in [-0.2, 0) is 16.0 Å². The quantitative estimate of drug-likeness (QED) is 0.591. The predicted octanol–water partition coefficient (Wildman–Crippen LogP) is 5.32. The fraction of sp³-hybridized carbons (Fsp3) is 0.560. The highest BCUT2D eigenvalue weighted by molar-refractivity contribution is 6.32. The molecule has 0 aliphatic carbocycles. The van der Waals surface area contributed by atoms with Gasteiger partial charge in [-0.05, 0) is 42.7 Å². The molecule has 34 heavy (non-hydrogen) atoms. The summed E-state index contributed by atoms with van der Waals surface area (Å²) in [7, 11) is 0. The third-order valence-corrected chi connectivity index (χ3v) is 6.61. The number of amides is 1. The molecule has 1 saturated heterocycles. The Labute approximate surface area is 205 Å². The number of ether oxygens (including phenoxy) is 2. The molecule has 1 fully saturated rings. The number of hydrogen-bond acceptors (Lipinski definition) is 5. The van der Waals surface area contributed by atoms with Gasteiger partial charge in [0, 0.05) is 36.7 Å². The zero-order valence-electron chi connectivity index (χ0n) is 20.0. The molecule has 4 rings (SSSR count). The van der Waals surface area contributed by atoms with Crippen LogP contribution in [0.5, 0.6) is 0 Å². The number of halogens is 1. The Morgan fingerprint density at radius 3 is 2.79 bits per heavy atom. The van der Waals surface area contributed by atoms with E-state index in [1.165, 1.54) is 4.90 Å². The molecule has 2 aromatic heterocycles. The Hall–Kier alpha value is -2.42. The standard InChI is InChI=1S/C25H33ClN4O4/c1-25(2,3)21-13-17(7-8-30(21)24(31)32)23-20(26)12-18(14-27-23)19-15-28-29(16-19)9-11-34-22-6-4-5-10-33-22/h12-16,21-22H,4-11H2,1-3H3,(H,31,32). The van der Waals surface area contributed by atoms with E-state index >= 15 is 0 Å². The summed E-state index contributed by atoms with van der Waals surface area (Å²) >= 11 is 6.66. The Morgan fingerprint density at radius 1 is 1.29 bits per heavy atom. The molecule has 184 valence electrons. The average molecular weight is 489 g/mol. The lowest BCUT2D eigenvalue weighted by molar-refractivity contribution is -0.163. The van der Waals surface area contributed by atoms with Crippen molar-refractivity contribution in [1.82, 2.24) is 19.7 Å². The van der Waals surface area contributed by atoms with Crippen LogP contribution in [0.1, 0.15) is 52.1 Å². The van der Waals surface area contributed by atoms with Gasteiger partial charge in [0.25, 0.3) is 0 Å². The maximum atomic E-state index is 11.7. The first-order chi connectivity index (χ1) is 16.2. The number of carboxylic acid groups (broad SMARTS) is 1. The Balaban J connectivity index is 1.45. The van der Waals surface area contributed by atoms with Crippen molar-refractivity contribution in [3.05, 3.63) is 41.4 Å². The van der Waals surface area contributed by atoms with Gasteiger partial charge in [-0.1, -0.05) is 38.4 Å². The average Bonchev–Trinajstić information content (AvgIpc) is 3.28. The summed E-state index contributed by atoms with van der Waals surface area (Å²) in [4.78, 5) is 17.8. The smallest absolute Gasteiger partial charge is 0.407 e. The zero-order valence-corrected chi connectivity index (χ0v) is 20.8. The Bertz CT molecular complexity index is 1040. The van der Waals surface area contributed by atoms with Crippen LogP contribution in [0.25, 0.3) is 16.7 Å². The van der Waals surface area contributed by atoms with Crippen LogP contribution in [0.4, 0.5) is 4.79 Å². The highest BCUT2D eigenvalue weighted by Crippen LogP contribution is 2.36. The second-order valence-corrected chi connectivity index (χ2v) is 10.3. The van der Waals surface area contributed by atoms with Gasteiger partial charge in [-0.25, -0.2) is 4.79 Å². The summed E-state index contributed by atoms with van der Waals surface area (Å²) < 4.78 is 13.2. The number of hydrogen-bond donors (Lipinski definition) is 1. The molecule has 9 heteroatoms. The number of rotatable bonds is 6. The second kappa shape index (κ2) is 10.5. The zero-order chi connectivity index (χ0) is 24.3. The number of pyridine rings is 1. The highest BCUT2D eigenvalue weighted by atomic mass is 35.5. The molecular weight excluding hydrogens is 456 g/mol. The fourth-order valence-electron chi connectivity index (χ4n) is 4.46. The maximum absolute atomic E-state index is 11.7. The van der Waals surface area contributed by atoms with Crippen LogP contribution in [-0.4, -0.2) is 63.0 Å². The lowest BCUT2D eigenvalue weighted by Gasteiger charge is -2.40. The van der Waals surface area contributed by atoms with Gasteiger partial charge >= 0.3 is 6.09 Å². The van der Waals surface area contributed by atoms with Crippen molar-refractivity contribution in [2.24, 2.45) is 5.41 Å². The first kappa shape index (κ1) is 24.7. The van der Waals surface area contributed by atoms with E-state index in [1.807, 2.05) is 43.8 Å². The maximum Gasteiger partial charge on any atom is 0.407 e. The minimum atomic E-state index is -0.904. The van der Waals surface area contributed by atoms with Gasteiger partial charge in [0.15, 0.2) is 6.29 Å². The fourth-order valence-corrected chi connectivity index (χ4v) is 4.75. The van der Waals surface area contributed by atoms with Crippen molar-refractivity contribution in [1.29, 1.82) is 0 Å². The lowest BCUT2D eigenvalue weighted by Crippen LogP contribution is -2.48. The van der Waals surface area contributed by atoms with Crippen molar-refractivity contribution in [2.45, 2.75) is 65.3 Å². The van der Waals surface area contributed by atoms with Crippen molar-refractivity contribution < 1.29 is 19.4 Å². The van der Waals surface area contributed by atoms with Crippen LogP contribution in [0, 0.1) is 5.41 Å². The molecule has 2 atom stereocenters. The molecule has 2 aromatic rings. The van der Waals surface area contributed by atoms with Crippen LogP contribution in [0.3, 0.4) is 0 Å². The molecule has 0 saturated carbocycles. The monoisotopic (exact) mass is 488 g/mol. The van der Waals surface area contributed by atoms with Crippen molar-refractivity contribution in [3.63, 3.8) is 0 Å². The number of aromatic nitrogens is 3. The molecule has 2 aliphatic rings. The largest absolute Gasteiger partial charge is 0.465 e. The lowest BCUT2D eigenvalue weighted by atomic mass is 9.82. The van der Waals surface area contributed by atoms with Gasteiger partial charge in [0.2, 0.25) is 0 Å². The van der Waals surface area contributed by atoms with Crippen molar-refractivity contribution >= 4 is 23.3 Å². The molecule has 1 N–H and O–H groups in total. The van der Waals surface area contributed by atoms with Crippen LogP contribution < -0.4 is 0 Å². The van der Waals surface area contributed by atoms with E-state index in [0.717, 1.165) is 42.6 Å². The summed E-state index contributed by atoms with van der Waals surface area (Å²) in [6.45, 7) is 8.48. The molecule has 2 unspecified atom stereocenters. The van der Waals surface area contributed by atoms with Gasteiger partial charge in [0.1, 0.15) is 0 Å².